The van der Waals surface area contributed by atoms with Gasteiger partial charge < -0.3 is 19.1 Å². The van der Waals surface area contributed by atoms with E-state index in [1.54, 1.807) is 29.2 Å². The number of carbonyl (C=O) groups is 2. The first-order valence-electron chi connectivity index (χ1n) is 9.80. The van der Waals surface area contributed by atoms with Crippen molar-refractivity contribution < 1.29 is 18.4 Å². The van der Waals surface area contributed by atoms with Gasteiger partial charge in [0.1, 0.15) is 11.6 Å². The molecular weight excluding hydrogens is 382 g/mol. The third-order valence-electron chi connectivity index (χ3n) is 5.24. The molecule has 150 valence electrons. The van der Waals surface area contributed by atoms with E-state index in [9.17, 15) is 9.59 Å². The topological polar surface area (TPSA) is 88.6 Å². The van der Waals surface area contributed by atoms with Gasteiger partial charge >= 0.3 is 0 Å². The highest BCUT2D eigenvalue weighted by Crippen LogP contribution is 2.26. The summed E-state index contributed by atoms with van der Waals surface area (Å²) in [6.07, 6.45) is 2.86. The van der Waals surface area contributed by atoms with Crippen LogP contribution < -0.4 is 5.32 Å². The number of fused-ring (bicyclic) bond motifs is 1. The smallest absolute Gasteiger partial charge is 0.290 e. The Morgan fingerprint density at radius 1 is 1.03 bits per heavy atom. The molecule has 0 saturated carbocycles. The van der Waals surface area contributed by atoms with Crippen molar-refractivity contribution in [1.29, 1.82) is 0 Å². The van der Waals surface area contributed by atoms with Gasteiger partial charge in [-0.2, -0.15) is 0 Å². The first-order valence-corrected chi connectivity index (χ1v) is 9.80. The molecule has 2 aromatic heterocycles. The van der Waals surface area contributed by atoms with Gasteiger partial charge in [-0.05, 0) is 61.4 Å². The molecule has 1 atom stereocenters. The van der Waals surface area contributed by atoms with Gasteiger partial charge in [-0.15, -0.1) is 0 Å². The first-order chi connectivity index (χ1) is 14.7. The predicted molar refractivity (Wildman–Crippen MR) is 111 cm³/mol. The maximum Gasteiger partial charge on any atom is 0.290 e. The van der Waals surface area contributed by atoms with Gasteiger partial charge in [-0.25, -0.2) is 4.98 Å². The summed E-state index contributed by atoms with van der Waals surface area (Å²) in [6.45, 7) is 0.536. The van der Waals surface area contributed by atoms with Gasteiger partial charge in [-0.1, -0.05) is 12.1 Å². The second kappa shape index (κ2) is 7.51. The van der Waals surface area contributed by atoms with Crippen molar-refractivity contribution in [2.24, 2.45) is 0 Å². The van der Waals surface area contributed by atoms with Crippen molar-refractivity contribution in [1.82, 2.24) is 9.88 Å². The number of hydrogen-bond acceptors (Lipinski definition) is 5. The molecule has 7 nitrogen and oxygen atoms in total. The monoisotopic (exact) mass is 401 g/mol. The first kappa shape index (κ1) is 18.2. The van der Waals surface area contributed by atoms with Gasteiger partial charge in [-0.3, -0.25) is 9.59 Å². The number of nitrogens with one attached hydrogen (secondary N) is 1. The minimum absolute atomic E-state index is 0.206. The molecule has 0 aliphatic carbocycles. The fraction of sp³-hybridized carbons (Fsp3) is 0.174. The Morgan fingerprint density at radius 3 is 2.63 bits per heavy atom. The van der Waals surface area contributed by atoms with Crippen molar-refractivity contribution in [2.45, 2.75) is 18.9 Å². The van der Waals surface area contributed by atoms with Crippen LogP contribution in [-0.4, -0.2) is 34.3 Å². The Kier molecular flexibility index (Phi) is 4.55. The molecule has 1 saturated heterocycles. The van der Waals surface area contributed by atoms with Crippen LogP contribution in [0.5, 0.6) is 0 Å². The third kappa shape index (κ3) is 3.34. The maximum atomic E-state index is 12.8. The highest BCUT2D eigenvalue weighted by molar-refractivity contribution is 6.00. The second-order valence-electron chi connectivity index (χ2n) is 7.19. The maximum absolute atomic E-state index is 12.8. The Balaban J connectivity index is 1.29. The summed E-state index contributed by atoms with van der Waals surface area (Å²) in [7, 11) is 0. The second-order valence-corrected chi connectivity index (χ2v) is 7.19. The molecule has 0 unspecified atom stereocenters. The van der Waals surface area contributed by atoms with Crippen molar-refractivity contribution in [3.05, 3.63) is 72.7 Å². The van der Waals surface area contributed by atoms with E-state index in [4.69, 9.17) is 8.83 Å². The lowest BCUT2D eigenvalue weighted by Gasteiger charge is -2.23. The highest BCUT2D eigenvalue weighted by atomic mass is 16.3. The zero-order valence-corrected chi connectivity index (χ0v) is 16.1. The van der Waals surface area contributed by atoms with E-state index in [2.05, 4.69) is 10.3 Å². The lowest BCUT2D eigenvalue weighted by atomic mass is 10.1. The lowest BCUT2D eigenvalue weighted by molar-refractivity contribution is -0.119. The fourth-order valence-corrected chi connectivity index (χ4v) is 3.74. The number of anilines is 1. The van der Waals surface area contributed by atoms with Crippen LogP contribution in [0.4, 0.5) is 5.69 Å². The number of aromatic nitrogens is 1. The molecular formula is C23H19N3O4. The largest absolute Gasteiger partial charge is 0.459 e. The predicted octanol–water partition coefficient (Wildman–Crippen LogP) is 4.33. The summed E-state index contributed by atoms with van der Waals surface area (Å²) in [4.78, 5) is 31.4. The average Bonchev–Trinajstić information content (AvgIpc) is 3.54. The van der Waals surface area contributed by atoms with E-state index < -0.39 is 6.04 Å². The standard InChI is InChI=1S/C23H19N3O4/c27-21(18-6-3-13-26(18)23(28)20-8-4-14-29-20)24-16-11-9-15(10-12-16)22-25-17-5-1-2-7-19(17)30-22/h1-2,4-5,7-12,14,18H,3,6,13H2,(H,24,27)/t18-/m0/s1. The van der Waals surface area contributed by atoms with E-state index >= 15 is 0 Å². The van der Waals surface area contributed by atoms with Crippen LogP contribution in [0, 0.1) is 0 Å². The zero-order chi connectivity index (χ0) is 20.5. The van der Waals surface area contributed by atoms with Gasteiger partial charge in [0.25, 0.3) is 5.91 Å². The number of likely N-dealkylation sites (tertiary alicyclic amines) is 1. The summed E-state index contributed by atoms with van der Waals surface area (Å²) >= 11 is 0. The molecule has 1 fully saturated rings. The Morgan fingerprint density at radius 2 is 1.87 bits per heavy atom. The number of benzene rings is 2. The quantitative estimate of drug-likeness (QED) is 0.550. The molecule has 1 aliphatic heterocycles. The van der Waals surface area contributed by atoms with E-state index in [1.165, 1.54) is 6.26 Å². The SMILES string of the molecule is O=C(Nc1ccc(-c2nc3ccccc3o2)cc1)[C@@H]1CCCN1C(=O)c1ccco1. The molecule has 5 rings (SSSR count). The molecule has 0 radical (unpaired) electrons. The molecule has 0 bridgehead atoms. The number of oxazole rings is 1. The van der Waals surface area contributed by atoms with Crippen LogP contribution in [0.1, 0.15) is 23.4 Å². The minimum atomic E-state index is -0.515. The molecule has 2 amide bonds. The lowest BCUT2D eigenvalue weighted by Crippen LogP contribution is -2.43. The van der Waals surface area contributed by atoms with Crippen LogP contribution in [0.3, 0.4) is 0 Å². The molecule has 1 aliphatic rings. The number of rotatable bonds is 4. The van der Waals surface area contributed by atoms with Crippen molar-refractivity contribution in [2.75, 3.05) is 11.9 Å². The summed E-state index contributed by atoms with van der Waals surface area (Å²) in [5.41, 5.74) is 3.00. The molecule has 2 aromatic carbocycles. The minimum Gasteiger partial charge on any atom is -0.459 e. The van der Waals surface area contributed by atoms with Gasteiger partial charge in [0.05, 0.1) is 6.26 Å². The van der Waals surface area contributed by atoms with Gasteiger partial charge in [0, 0.05) is 17.8 Å². The molecule has 30 heavy (non-hydrogen) atoms. The zero-order valence-electron chi connectivity index (χ0n) is 16.1. The number of para-hydroxylation sites is 2. The van der Waals surface area contributed by atoms with Gasteiger partial charge in [0.15, 0.2) is 11.3 Å². The number of amides is 2. The summed E-state index contributed by atoms with van der Waals surface area (Å²) in [6, 6.07) is 17.6. The molecule has 0 spiro atoms. The van der Waals surface area contributed by atoms with Crippen molar-refractivity contribution in [3.63, 3.8) is 0 Å². The van der Waals surface area contributed by atoms with E-state index in [0.717, 1.165) is 23.1 Å². The van der Waals surface area contributed by atoms with E-state index in [0.29, 0.717) is 24.5 Å². The normalized spacial score (nSPS) is 16.1. The van der Waals surface area contributed by atoms with Crippen LogP contribution in [0.2, 0.25) is 0 Å². The number of furan rings is 1. The summed E-state index contributed by atoms with van der Waals surface area (Å²) in [5.74, 6) is 0.309. The summed E-state index contributed by atoms with van der Waals surface area (Å²) < 4.78 is 11.0. The molecule has 7 heteroatoms. The van der Waals surface area contributed by atoms with Crippen LogP contribution in [0.15, 0.2) is 75.8 Å². The van der Waals surface area contributed by atoms with Crippen LogP contribution >= 0.6 is 0 Å². The average molecular weight is 401 g/mol. The van der Waals surface area contributed by atoms with Crippen LogP contribution in [0.25, 0.3) is 22.6 Å². The van der Waals surface area contributed by atoms with Gasteiger partial charge in [0.2, 0.25) is 11.8 Å². The molecule has 4 aromatic rings. The Labute approximate surface area is 172 Å². The van der Waals surface area contributed by atoms with Crippen molar-refractivity contribution in [3.8, 4) is 11.5 Å². The summed E-state index contributed by atoms with van der Waals surface area (Å²) in [5, 5.41) is 2.90. The fourth-order valence-electron chi connectivity index (χ4n) is 3.74. The Bertz CT molecular complexity index is 1160. The highest BCUT2D eigenvalue weighted by Gasteiger charge is 2.35. The third-order valence-corrected chi connectivity index (χ3v) is 5.24. The number of carbonyl (C=O) groups excluding carboxylic acids is 2. The molecule has 3 heterocycles. The Hall–Kier alpha value is -3.87. The van der Waals surface area contributed by atoms with E-state index in [-0.39, 0.29) is 17.6 Å². The van der Waals surface area contributed by atoms with Crippen LogP contribution in [-0.2, 0) is 4.79 Å². The number of hydrogen-bond donors (Lipinski definition) is 1. The number of nitrogens with zero attached hydrogens (tertiary/aromatic N) is 2. The van der Waals surface area contributed by atoms with Crippen molar-refractivity contribution >= 4 is 28.6 Å². The molecule has 1 N–H and O–H groups in total. The van der Waals surface area contributed by atoms with E-state index in [1.807, 2.05) is 36.4 Å².